The number of aromatic nitrogens is 3. The molecule has 0 radical (unpaired) electrons. The molecular formula is C22H19N5O3S2. The van der Waals surface area contributed by atoms with Crippen molar-refractivity contribution in [1.29, 1.82) is 0 Å². The van der Waals surface area contributed by atoms with E-state index in [0.29, 0.717) is 21.8 Å². The first-order chi connectivity index (χ1) is 15.6. The van der Waals surface area contributed by atoms with Crippen LogP contribution in [0.1, 0.15) is 21.6 Å². The molecule has 0 saturated carbocycles. The molecule has 0 aliphatic carbocycles. The molecule has 2 amide bonds. The monoisotopic (exact) mass is 465 g/mol. The van der Waals surface area contributed by atoms with Gasteiger partial charge in [-0.2, -0.15) is 0 Å². The Kier molecular flexibility index (Phi) is 6.93. The highest BCUT2D eigenvalue weighted by molar-refractivity contribution is 8.01. The van der Waals surface area contributed by atoms with Gasteiger partial charge in [-0.15, -0.1) is 10.2 Å². The predicted octanol–water partition coefficient (Wildman–Crippen LogP) is 4.16. The Bertz CT molecular complexity index is 1210. The van der Waals surface area contributed by atoms with E-state index in [1.807, 2.05) is 61.5 Å². The number of rotatable bonds is 8. The van der Waals surface area contributed by atoms with E-state index in [1.165, 1.54) is 28.7 Å². The fourth-order valence-electron chi connectivity index (χ4n) is 2.69. The first-order valence-electron chi connectivity index (χ1n) is 9.69. The number of carbonyl (C=O) groups excluding carboxylic acids is 2. The van der Waals surface area contributed by atoms with Crippen LogP contribution in [-0.2, 0) is 11.3 Å². The van der Waals surface area contributed by atoms with E-state index < -0.39 is 5.91 Å². The van der Waals surface area contributed by atoms with Crippen molar-refractivity contribution < 1.29 is 14.1 Å². The van der Waals surface area contributed by atoms with Crippen molar-refractivity contribution in [3.8, 4) is 11.3 Å². The second-order valence-corrected chi connectivity index (χ2v) is 9.02. The fourth-order valence-corrected chi connectivity index (χ4v) is 4.26. The minimum atomic E-state index is -0.445. The topological polar surface area (TPSA) is 110 Å². The lowest BCUT2D eigenvalue weighted by Gasteiger charge is -2.04. The Hall–Kier alpha value is -3.50. The van der Waals surface area contributed by atoms with Gasteiger partial charge in [-0.3, -0.25) is 14.9 Å². The molecule has 0 atom stereocenters. The van der Waals surface area contributed by atoms with Gasteiger partial charge in [-0.05, 0) is 12.5 Å². The van der Waals surface area contributed by atoms with Crippen molar-refractivity contribution in [3.05, 3.63) is 77.5 Å². The van der Waals surface area contributed by atoms with Gasteiger partial charge >= 0.3 is 0 Å². The maximum absolute atomic E-state index is 12.4. The largest absolute Gasteiger partial charge is 0.355 e. The van der Waals surface area contributed by atoms with Gasteiger partial charge in [-0.25, -0.2) is 0 Å². The van der Waals surface area contributed by atoms with Gasteiger partial charge in [-0.1, -0.05) is 88.4 Å². The van der Waals surface area contributed by atoms with Gasteiger partial charge in [0, 0.05) is 18.2 Å². The summed E-state index contributed by atoms with van der Waals surface area (Å²) < 4.78 is 5.83. The smallest absolute Gasteiger partial charge is 0.279 e. The molecule has 2 N–H and O–H groups in total. The maximum Gasteiger partial charge on any atom is 0.279 e. The van der Waals surface area contributed by atoms with Gasteiger partial charge in [0.2, 0.25) is 11.0 Å². The summed E-state index contributed by atoms with van der Waals surface area (Å²) in [6.07, 6.45) is 0. The van der Waals surface area contributed by atoms with Gasteiger partial charge in [0.15, 0.2) is 15.8 Å². The van der Waals surface area contributed by atoms with Crippen LogP contribution in [0.25, 0.3) is 11.3 Å². The molecule has 0 saturated heterocycles. The number of aryl methyl sites for hydroxylation is 1. The zero-order valence-electron chi connectivity index (χ0n) is 17.1. The average Bonchev–Trinajstić information content (AvgIpc) is 3.48. The number of thioether (sulfide) groups is 1. The lowest BCUT2D eigenvalue weighted by Crippen LogP contribution is -2.24. The number of benzene rings is 2. The fraction of sp³-hybridized carbons (Fsp3) is 0.136. The minimum absolute atomic E-state index is 0.104. The van der Waals surface area contributed by atoms with Crippen molar-refractivity contribution in [2.75, 3.05) is 11.1 Å². The third-order valence-corrected chi connectivity index (χ3v) is 6.34. The Morgan fingerprint density at radius 1 is 1.06 bits per heavy atom. The SMILES string of the molecule is Cc1ccc(CNC(=O)CSc2nnc(NC(=O)c3cc(-c4ccccc4)on3)s2)cc1. The van der Waals surface area contributed by atoms with Crippen LogP contribution in [0.4, 0.5) is 5.13 Å². The molecule has 0 bridgehead atoms. The molecule has 162 valence electrons. The highest BCUT2D eigenvalue weighted by atomic mass is 32.2. The lowest BCUT2D eigenvalue weighted by molar-refractivity contribution is -0.118. The molecular weight excluding hydrogens is 446 g/mol. The third-order valence-electron chi connectivity index (χ3n) is 4.37. The van der Waals surface area contributed by atoms with Gasteiger partial charge in [0.05, 0.1) is 5.75 Å². The Morgan fingerprint density at radius 3 is 2.62 bits per heavy atom. The van der Waals surface area contributed by atoms with Crippen LogP contribution in [0.5, 0.6) is 0 Å². The van der Waals surface area contributed by atoms with Crippen LogP contribution in [0.3, 0.4) is 0 Å². The van der Waals surface area contributed by atoms with Crippen LogP contribution in [-0.4, -0.2) is 32.9 Å². The third kappa shape index (κ3) is 5.80. The predicted molar refractivity (Wildman–Crippen MR) is 124 cm³/mol. The van der Waals surface area contributed by atoms with Crippen molar-refractivity contribution in [3.63, 3.8) is 0 Å². The molecule has 10 heteroatoms. The molecule has 4 rings (SSSR count). The normalized spacial score (nSPS) is 10.7. The number of nitrogens with zero attached hydrogens (tertiary/aromatic N) is 3. The van der Waals surface area contributed by atoms with Gasteiger partial charge < -0.3 is 9.84 Å². The standard InChI is InChI=1S/C22H19N5O3S2/c1-14-7-9-15(10-8-14)12-23-19(28)13-31-22-26-25-21(32-22)24-20(29)17-11-18(30-27-17)16-5-3-2-4-6-16/h2-11H,12-13H2,1H3,(H,23,28)(H,24,25,29). The van der Waals surface area contributed by atoms with E-state index in [-0.39, 0.29) is 17.4 Å². The van der Waals surface area contributed by atoms with E-state index in [4.69, 9.17) is 4.52 Å². The molecule has 4 aromatic rings. The van der Waals surface area contributed by atoms with Crippen LogP contribution in [0, 0.1) is 6.92 Å². The van der Waals surface area contributed by atoms with Crippen molar-refractivity contribution in [2.45, 2.75) is 17.8 Å². The van der Waals surface area contributed by atoms with Crippen molar-refractivity contribution in [1.82, 2.24) is 20.7 Å². The summed E-state index contributed by atoms with van der Waals surface area (Å²) in [6.45, 7) is 2.49. The summed E-state index contributed by atoms with van der Waals surface area (Å²) in [5.74, 6) is 0.158. The van der Waals surface area contributed by atoms with E-state index in [9.17, 15) is 9.59 Å². The van der Waals surface area contributed by atoms with E-state index in [0.717, 1.165) is 11.1 Å². The number of hydrogen-bond acceptors (Lipinski definition) is 8. The summed E-state index contributed by atoms with van der Waals surface area (Å²) in [7, 11) is 0. The maximum atomic E-state index is 12.4. The number of amides is 2. The quantitative estimate of drug-likeness (QED) is 0.297. The summed E-state index contributed by atoms with van der Waals surface area (Å²) in [5, 5.41) is 17.6. The Morgan fingerprint density at radius 2 is 1.84 bits per heavy atom. The van der Waals surface area contributed by atoms with Crippen LogP contribution >= 0.6 is 23.1 Å². The zero-order valence-corrected chi connectivity index (χ0v) is 18.7. The molecule has 0 spiro atoms. The van der Waals surface area contributed by atoms with E-state index in [2.05, 4.69) is 26.0 Å². The number of hydrogen-bond donors (Lipinski definition) is 2. The number of nitrogens with one attached hydrogen (secondary N) is 2. The minimum Gasteiger partial charge on any atom is -0.355 e. The first kappa shape index (κ1) is 21.7. The Balaban J connectivity index is 1.25. The molecule has 2 heterocycles. The number of anilines is 1. The molecule has 0 aliphatic heterocycles. The molecule has 2 aromatic carbocycles. The highest BCUT2D eigenvalue weighted by Crippen LogP contribution is 2.26. The zero-order chi connectivity index (χ0) is 22.3. The summed E-state index contributed by atoms with van der Waals surface area (Å²) in [5.41, 5.74) is 3.19. The summed E-state index contributed by atoms with van der Waals surface area (Å²) >= 11 is 2.45. The summed E-state index contributed by atoms with van der Waals surface area (Å²) in [6, 6.07) is 18.9. The van der Waals surface area contributed by atoms with E-state index >= 15 is 0 Å². The van der Waals surface area contributed by atoms with Crippen molar-refractivity contribution in [2.24, 2.45) is 0 Å². The molecule has 0 fully saturated rings. The Labute approximate surface area is 192 Å². The van der Waals surface area contributed by atoms with Crippen LogP contribution in [0.15, 0.2) is 69.5 Å². The molecule has 0 aliphatic rings. The van der Waals surface area contributed by atoms with Gasteiger partial charge in [0.1, 0.15) is 0 Å². The second-order valence-electron chi connectivity index (χ2n) is 6.82. The summed E-state index contributed by atoms with van der Waals surface area (Å²) in [4.78, 5) is 24.5. The van der Waals surface area contributed by atoms with Crippen molar-refractivity contribution >= 4 is 40.0 Å². The number of carbonyl (C=O) groups is 2. The molecule has 0 unspecified atom stereocenters. The molecule has 8 nitrogen and oxygen atoms in total. The first-order valence-corrected chi connectivity index (χ1v) is 11.5. The highest BCUT2D eigenvalue weighted by Gasteiger charge is 2.16. The average molecular weight is 466 g/mol. The molecule has 2 aromatic heterocycles. The van der Waals surface area contributed by atoms with E-state index in [1.54, 1.807) is 6.07 Å². The van der Waals surface area contributed by atoms with Crippen LogP contribution < -0.4 is 10.6 Å². The van der Waals surface area contributed by atoms with Gasteiger partial charge in [0.25, 0.3) is 5.91 Å². The second kappa shape index (κ2) is 10.2. The van der Waals surface area contributed by atoms with Crippen LogP contribution in [0.2, 0.25) is 0 Å². The molecule has 32 heavy (non-hydrogen) atoms. The lowest BCUT2D eigenvalue weighted by atomic mass is 10.1.